The van der Waals surface area contributed by atoms with Crippen LogP contribution in [0.15, 0.2) is 24.4 Å². The van der Waals surface area contributed by atoms with Crippen molar-refractivity contribution in [3.63, 3.8) is 0 Å². The Bertz CT molecular complexity index is 749. The third-order valence-electron chi connectivity index (χ3n) is 4.41. The molecule has 0 saturated carbocycles. The maximum atomic E-state index is 12.5. The second-order valence-corrected chi connectivity index (χ2v) is 6.05. The Morgan fingerprint density at radius 3 is 2.48 bits per heavy atom. The number of anilines is 1. The third-order valence-corrected chi connectivity index (χ3v) is 4.41. The number of nitrogens with zero attached hydrogens (tertiary/aromatic N) is 2. The van der Waals surface area contributed by atoms with E-state index >= 15 is 0 Å². The van der Waals surface area contributed by atoms with E-state index in [4.69, 9.17) is 14.2 Å². The van der Waals surface area contributed by atoms with Gasteiger partial charge in [-0.3, -0.25) is 9.48 Å². The van der Waals surface area contributed by atoms with Crippen molar-refractivity contribution in [2.24, 2.45) is 0 Å². The molecular formula is C18H25ClN4O4. The zero-order valence-electron chi connectivity index (χ0n) is 15.7. The molecule has 1 amide bonds. The second-order valence-electron chi connectivity index (χ2n) is 6.05. The molecule has 1 aliphatic heterocycles. The molecule has 1 aromatic carbocycles. The summed E-state index contributed by atoms with van der Waals surface area (Å²) in [4.78, 5) is 12.5. The monoisotopic (exact) mass is 396 g/mol. The van der Waals surface area contributed by atoms with Gasteiger partial charge in [0.1, 0.15) is 0 Å². The number of benzene rings is 1. The molecule has 0 aliphatic carbocycles. The van der Waals surface area contributed by atoms with Crippen LogP contribution in [0.3, 0.4) is 0 Å². The Kier molecular flexibility index (Phi) is 7.32. The van der Waals surface area contributed by atoms with Crippen molar-refractivity contribution in [3.05, 3.63) is 30.1 Å². The topological polar surface area (TPSA) is 86.6 Å². The number of carbonyl (C=O) groups excluding carboxylic acids is 1. The third kappa shape index (κ3) is 4.64. The van der Waals surface area contributed by atoms with Crippen LogP contribution in [0.2, 0.25) is 0 Å². The van der Waals surface area contributed by atoms with Crippen molar-refractivity contribution in [3.8, 4) is 17.2 Å². The minimum absolute atomic E-state index is 0. The Balaban J connectivity index is 0.00000261. The van der Waals surface area contributed by atoms with Gasteiger partial charge in [-0.1, -0.05) is 0 Å². The molecule has 1 saturated heterocycles. The van der Waals surface area contributed by atoms with E-state index in [1.54, 1.807) is 18.2 Å². The first-order chi connectivity index (χ1) is 12.7. The van der Waals surface area contributed by atoms with E-state index in [1.165, 1.54) is 21.3 Å². The Morgan fingerprint density at radius 2 is 1.93 bits per heavy atom. The van der Waals surface area contributed by atoms with Crippen molar-refractivity contribution >= 4 is 24.0 Å². The number of hydrogen-bond acceptors (Lipinski definition) is 6. The van der Waals surface area contributed by atoms with Gasteiger partial charge in [0.2, 0.25) is 5.75 Å². The maximum Gasteiger partial charge on any atom is 0.276 e. The fourth-order valence-electron chi connectivity index (χ4n) is 3.07. The summed E-state index contributed by atoms with van der Waals surface area (Å²) in [5.74, 6) is 1.13. The van der Waals surface area contributed by atoms with E-state index in [0.717, 1.165) is 25.9 Å². The van der Waals surface area contributed by atoms with Gasteiger partial charge in [0.15, 0.2) is 17.2 Å². The van der Waals surface area contributed by atoms with Gasteiger partial charge in [0, 0.05) is 30.6 Å². The highest BCUT2D eigenvalue weighted by Crippen LogP contribution is 2.40. The van der Waals surface area contributed by atoms with E-state index in [1.807, 2.05) is 10.9 Å². The normalized spacial score (nSPS) is 16.2. The zero-order chi connectivity index (χ0) is 18.5. The van der Waals surface area contributed by atoms with Crippen LogP contribution >= 0.6 is 12.4 Å². The van der Waals surface area contributed by atoms with Crippen molar-refractivity contribution in [1.82, 2.24) is 15.1 Å². The predicted molar refractivity (Wildman–Crippen MR) is 105 cm³/mol. The summed E-state index contributed by atoms with van der Waals surface area (Å²) in [6, 6.07) is 5.37. The first-order valence-corrected chi connectivity index (χ1v) is 8.53. The smallest absolute Gasteiger partial charge is 0.276 e. The van der Waals surface area contributed by atoms with Crippen LogP contribution in [-0.4, -0.2) is 50.1 Å². The van der Waals surface area contributed by atoms with E-state index in [2.05, 4.69) is 15.7 Å². The molecule has 2 aromatic rings. The molecule has 148 valence electrons. The Morgan fingerprint density at radius 1 is 1.22 bits per heavy atom. The van der Waals surface area contributed by atoms with Crippen LogP contribution in [0, 0.1) is 0 Å². The summed E-state index contributed by atoms with van der Waals surface area (Å²) in [6.45, 7) is 1.90. The first kappa shape index (κ1) is 20.9. The molecule has 0 bridgehead atoms. The van der Waals surface area contributed by atoms with Gasteiger partial charge >= 0.3 is 0 Å². The molecular weight excluding hydrogens is 372 g/mol. The van der Waals surface area contributed by atoms with E-state index < -0.39 is 0 Å². The maximum absolute atomic E-state index is 12.5. The Labute approximate surface area is 164 Å². The van der Waals surface area contributed by atoms with Gasteiger partial charge in [-0.15, -0.1) is 12.4 Å². The molecule has 27 heavy (non-hydrogen) atoms. The van der Waals surface area contributed by atoms with Gasteiger partial charge in [0.05, 0.1) is 27.4 Å². The molecule has 0 radical (unpaired) electrons. The zero-order valence-corrected chi connectivity index (χ0v) is 16.5. The highest BCUT2D eigenvalue weighted by molar-refractivity contribution is 6.03. The Hall–Kier alpha value is -2.45. The highest BCUT2D eigenvalue weighted by atomic mass is 35.5. The molecule has 2 N–H and O–H groups in total. The SMILES string of the molecule is COc1cc(NC(=O)c2ccn(C3CCCNC3)n2)cc(OC)c1OC.Cl. The standard InChI is InChI=1S/C18H24N4O4.ClH/c1-24-15-9-12(10-16(25-2)17(15)26-3)20-18(23)14-6-8-22(21-14)13-5-4-7-19-11-13;/h6,8-10,13,19H,4-5,7,11H2,1-3H3,(H,20,23);1H. The summed E-state index contributed by atoms with van der Waals surface area (Å²) >= 11 is 0. The highest BCUT2D eigenvalue weighted by Gasteiger charge is 2.19. The van der Waals surface area contributed by atoms with Gasteiger partial charge < -0.3 is 24.8 Å². The van der Waals surface area contributed by atoms with Gasteiger partial charge in [-0.05, 0) is 25.5 Å². The van der Waals surface area contributed by atoms with Crippen LogP contribution in [-0.2, 0) is 0 Å². The molecule has 1 aliphatic rings. The number of amides is 1. The number of nitrogens with one attached hydrogen (secondary N) is 2. The number of halogens is 1. The quantitative estimate of drug-likeness (QED) is 0.780. The lowest BCUT2D eigenvalue weighted by Crippen LogP contribution is -2.32. The summed E-state index contributed by atoms with van der Waals surface area (Å²) in [7, 11) is 4.59. The fourth-order valence-corrected chi connectivity index (χ4v) is 3.07. The average Bonchev–Trinajstić information content (AvgIpc) is 3.18. The van der Waals surface area contributed by atoms with Gasteiger partial charge in [0.25, 0.3) is 5.91 Å². The van der Waals surface area contributed by atoms with E-state index in [-0.39, 0.29) is 24.4 Å². The van der Waals surface area contributed by atoms with Crippen molar-refractivity contribution in [1.29, 1.82) is 0 Å². The minimum Gasteiger partial charge on any atom is -0.493 e. The lowest BCUT2D eigenvalue weighted by Gasteiger charge is -2.22. The molecule has 8 nitrogen and oxygen atoms in total. The molecule has 1 aromatic heterocycles. The molecule has 1 atom stereocenters. The molecule has 0 spiro atoms. The van der Waals surface area contributed by atoms with Crippen LogP contribution in [0.4, 0.5) is 5.69 Å². The van der Waals surface area contributed by atoms with Crippen molar-refractivity contribution in [2.45, 2.75) is 18.9 Å². The summed E-state index contributed by atoms with van der Waals surface area (Å²) < 4.78 is 17.8. The largest absolute Gasteiger partial charge is 0.493 e. The number of methoxy groups -OCH3 is 3. The fraction of sp³-hybridized carbons (Fsp3) is 0.444. The van der Waals surface area contributed by atoms with Crippen LogP contribution in [0.5, 0.6) is 17.2 Å². The number of rotatable bonds is 6. The molecule has 1 unspecified atom stereocenters. The van der Waals surface area contributed by atoms with Crippen molar-refractivity contribution in [2.75, 3.05) is 39.7 Å². The lowest BCUT2D eigenvalue weighted by molar-refractivity contribution is 0.102. The summed E-state index contributed by atoms with van der Waals surface area (Å²) in [5, 5.41) is 10.6. The van der Waals surface area contributed by atoms with Gasteiger partial charge in [-0.2, -0.15) is 5.10 Å². The number of ether oxygens (including phenoxy) is 3. The van der Waals surface area contributed by atoms with Gasteiger partial charge in [-0.25, -0.2) is 0 Å². The summed E-state index contributed by atoms with van der Waals surface area (Å²) in [6.07, 6.45) is 4.02. The molecule has 3 rings (SSSR count). The number of aromatic nitrogens is 2. The average molecular weight is 397 g/mol. The van der Waals surface area contributed by atoms with Crippen LogP contribution in [0.25, 0.3) is 0 Å². The van der Waals surface area contributed by atoms with E-state index in [9.17, 15) is 4.79 Å². The summed E-state index contributed by atoms with van der Waals surface area (Å²) in [5.41, 5.74) is 0.905. The van der Waals surface area contributed by atoms with Crippen LogP contribution < -0.4 is 24.8 Å². The van der Waals surface area contributed by atoms with E-state index in [0.29, 0.717) is 28.6 Å². The first-order valence-electron chi connectivity index (χ1n) is 8.53. The lowest BCUT2D eigenvalue weighted by atomic mass is 10.1. The number of piperidine rings is 1. The minimum atomic E-state index is -0.290. The molecule has 9 heteroatoms. The molecule has 1 fully saturated rings. The van der Waals surface area contributed by atoms with Crippen LogP contribution in [0.1, 0.15) is 29.4 Å². The predicted octanol–water partition coefficient (Wildman–Crippen LogP) is 2.51. The number of hydrogen-bond donors (Lipinski definition) is 2. The van der Waals surface area contributed by atoms with Crippen molar-refractivity contribution < 1.29 is 19.0 Å². The number of carbonyl (C=O) groups is 1. The second kappa shape index (κ2) is 9.48. The molecule has 2 heterocycles.